The van der Waals surface area contributed by atoms with Crippen molar-refractivity contribution in [1.82, 2.24) is 0 Å². The lowest BCUT2D eigenvalue weighted by atomic mass is 9.93. The Morgan fingerprint density at radius 3 is 2.40 bits per heavy atom. The lowest BCUT2D eigenvalue weighted by molar-refractivity contribution is 1.46. The average Bonchev–Trinajstić information content (AvgIpc) is 3.06. The summed E-state index contributed by atoms with van der Waals surface area (Å²) in [5, 5.41) is 2.59. The quantitative estimate of drug-likeness (QED) is 0.365. The summed E-state index contributed by atoms with van der Waals surface area (Å²) in [6.45, 7) is 4.33. The van der Waals surface area contributed by atoms with Crippen molar-refractivity contribution in [3.05, 3.63) is 93.7 Å². The van der Waals surface area contributed by atoms with E-state index in [2.05, 4.69) is 98.8 Å². The summed E-state index contributed by atoms with van der Waals surface area (Å²) >= 11 is 1.83. The largest absolute Gasteiger partial charge is 0.141 e. The molecule has 0 radical (unpaired) electrons. The standard InChI is InChI=1S/C24H20S/c1-17-10-12-19(13-15-21-14-11-18(2)25-21)16-24(17)23-9-5-7-20-6-3-4-8-22(20)23/h3-16H,1-2H3. The van der Waals surface area contributed by atoms with Crippen LogP contribution in [0.25, 0.3) is 34.1 Å². The lowest BCUT2D eigenvalue weighted by Crippen LogP contribution is -1.86. The molecule has 0 N–H and O–H groups in total. The fraction of sp³-hybridized carbons (Fsp3) is 0.0833. The predicted octanol–water partition coefficient (Wildman–Crippen LogP) is 7.36. The van der Waals surface area contributed by atoms with Gasteiger partial charge in [0, 0.05) is 9.75 Å². The van der Waals surface area contributed by atoms with Crippen LogP contribution in [0.1, 0.15) is 20.9 Å². The molecule has 0 unspecified atom stereocenters. The van der Waals surface area contributed by atoms with Gasteiger partial charge >= 0.3 is 0 Å². The third-order valence-electron chi connectivity index (χ3n) is 4.54. The first-order valence-corrected chi connectivity index (χ1v) is 9.36. The maximum absolute atomic E-state index is 2.30. The van der Waals surface area contributed by atoms with Gasteiger partial charge in [0.2, 0.25) is 0 Å². The Kier molecular flexibility index (Phi) is 4.25. The molecule has 0 aliphatic carbocycles. The van der Waals surface area contributed by atoms with Gasteiger partial charge in [-0.05, 0) is 71.1 Å². The van der Waals surface area contributed by atoms with Gasteiger partial charge in [0.15, 0.2) is 0 Å². The molecular weight excluding hydrogens is 320 g/mol. The molecule has 0 saturated heterocycles. The molecule has 1 heterocycles. The summed E-state index contributed by atoms with van der Waals surface area (Å²) in [5.74, 6) is 0. The minimum absolute atomic E-state index is 1.24. The van der Waals surface area contributed by atoms with Crippen LogP contribution in [0.5, 0.6) is 0 Å². The van der Waals surface area contributed by atoms with E-state index in [4.69, 9.17) is 0 Å². The fourth-order valence-electron chi connectivity index (χ4n) is 3.22. The fourth-order valence-corrected chi connectivity index (χ4v) is 4.00. The highest BCUT2D eigenvalue weighted by Crippen LogP contribution is 2.32. The van der Waals surface area contributed by atoms with Gasteiger partial charge in [-0.2, -0.15) is 0 Å². The van der Waals surface area contributed by atoms with E-state index < -0.39 is 0 Å². The van der Waals surface area contributed by atoms with Gasteiger partial charge in [-0.3, -0.25) is 0 Å². The normalized spacial score (nSPS) is 11.4. The van der Waals surface area contributed by atoms with Crippen molar-refractivity contribution in [2.75, 3.05) is 0 Å². The number of hydrogen-bond donors (Lipinski definition) is 0. The Labute approximate surface area is 153 Å². The van der Waals surface area contributed by atoms with Crippen LogP contribution in [-0.4, -0.2) is 0 Å². The Bertz CT molecular complexity index is 1060. The predicted molar refractivity (Wildman–Crippen MR) is 112 cm³/mol. The van der Waals surface area contributed by atoms with Crippen molar-refractivity contribution in [3.8, 4) is 11.1 Å². The van der Waals surface area contributed by atoms with Crippen LogP contribution in [0.2, 0.25) is 0 Å². The van der Waals surface area contributed by atoms with Gasteiger partial charge in [-0.1, -0.05) is 60.7 Å². The first-order valence-electron chi connectivity index (χ1n) is 8.54. The summed E-state index contributed by atoms with van der Waals surface area (Å²) in [6, 6.07) is 26.2. The molecule has 4 aromatic rings. The molecule has 0 saturated carbocycles. The second-order valence-electron chi connectivity index (χ2n) is 6.38. The van der Waals surface area contributed by atoms with Crippen LogP contribution in [0.15, 0.2) is 72.8 Å². The van der Waals surface area contributed by atoms with Crippen molar-refractivity contribution in [1.29, 1.82) is 0 Å². The highest BCUT2D eigenvalue weighted by atomic mass is 32.1. The molecule has 0 bridgehead atoms. The van der Waals surface area contributed by atoms with E-state index in [-0.39, 0.29) is 0 Å². The van der Waals surface area contributed by atoms with Crippen molar-refractivity contribution >= 4 is 34.3 Å². The molecule has 0 aliphatic heterocycles. The summed E-state index contributed by atoms with van der Waals surface area (Å²) in [4.78, 5) is 2.64. The topological polar surface area (TPSA) is 0 Å². The Hall–Kier alpha value is -2.64. The smallest absolute Gasteiger partial charge is 0.0273 e. The SMILES string of the molecule is Cc1ccc(C=Cc2ccc(C)c(-c3cccc4ccccc34)c2)s1. The lowest BCUT2D eigenvalue weighted by Gasteiger charge is -2.11. The van der Waals surface area contributed by atoms with E-state index in [0.717, 1.165) is 0 Å². The zero-order valence-corrected chi connectivity index (χ0v) is 15.3. The number of thiophene rings is 1. The highest BCUT2D eigenvalue weighted by Gasteiger charge is 2.06. The molecule has 0 amide bonds. The van der Waals surface area contributed by atoms with Gasteiger partial charge < -0.3 is 0 Å². The summed E-state index contributed by atoms with van der Waals surface area (Å²) in [6.07, 6.45) is 4.41. The minimum Gasteiger partial charge on any atom is -0.141 e. The van der Waals surface area contributed by atoms with Gasteiger partial charge in [-0.15, -0.1) is 11.3 Å². The van der Waals surface area contributed by atoms with Crippen molar-refractivity contribution in [2.24, 2.45) is 0 Å². The molecule has 3 aromatic carbocycles. The first-order chi connectivity index (χ1) is 12.2. The van der Waals surface area contributed by atoms with Crippen LogP contribution < -0.4 is 0 Å². The average molecular weight is 340 g/mol. The van der Waals surface area contributed by atoms with Gasteiger partial charge in [-0.25, -0.2) is 0 Å². The van der Waals surface area contributed by atoms with Crippen LogP contribution in [0, 0.1) is 13.8 Å². The van der Waals surface area contributed by atoms with Crippen LogP contribution >= 0.6 is 11.3 Å². The second-order valence-corrected chi connectivity index (χ2v) is 7.70. The van der Waals surface area contributed by atoms with Crippen LogP contribution in [-0.2, 0) is 0 Å². The first kappa shape index (κ1) is 15.9. The highest BCUT2D eigenvalue weighted by molar-refractivity contribution is 7.12. The molecule has 1 heteroatoms. The van der Waals surface area contributed by atoms with E-state index in [1.807, 2.05) is 11.3 Å². The molecular formula is C24H20S. The zero-order valence-electron chi connectivity index (χ0n) is 14.5. The number of aryl methyl sites for hydroxylation is 2. The van der Waals surface area contributed by atoms with E-state index in [1.165, 1.54) is 42.8 Å². The molecule has 0 fully saturated rings. The minimum atomic E-state index is 1.24. The molecule has 122 valence electrons. The van der Waals surface area contributed by atoms with E-state index in [9.17, 15) is 0 Å². The Balaban J connectivity index is 1.78. The van der Waals surface area contributed by atoms with Crippen molar-refractivity contribution < 1.29 is 0 Å². The molecule has 4 rings (SSSR count). The number of rotatable bonds is 3. The van der Waals surface area contributed by atoms with Gasteiger partial charge in [0.1, 0.15) is 0 Å². The second kappa shape index (κ2) is 6.70. The monoisotopic (exact) mass is 340 g/mol. The van der Waals surface area contributed by atoms with Crippen molar-refractivity contribution in [2.45, 2.75) is 13.8 Å². The molecule has 0 atom stereocenters. The van der Waals surface area contributed by atoms with Crippen molar-refractivity contribution in [3.63, 3.8) is 0 Å². The van der Waals surface area contributed by atoms with Crippen LogP contribution in [0.3, 0.4) is 0 Å². The molecule has 25 heavy (non-hydrogen) atoms. The Morgan fingerprint density at radius 1 is 0.720 bits per heavy atom. The van der Waals surface area contributed by atoms with E-state index >= 15 is 0 Å². The maximum Gasteiger partial charge on any atom is 0.0273 e. The summed E-state index contributed by atoms with van der Waals surface area (Å²) < 4.78 is 0. The third-order valence-corrected chi connectivity index (χ3v) is 5.51. The molecule has 0 aliphatic rings. The number of fused-ring (bicyclic) bond motifs is 1. The summed E-state index contributed by atoms with van der Waals surface area (Å²) in [5.41, 5.74) is 5.15. The Morgan fingerprint density at radius 2 is 1.56 bits per heavy atom. The number of benzene rings is 3. The van der Waals surface area contributed by atoms with Crippen LogP contribution in [0.4, 0.5) is 0 Å². The molecule has 1 aromatic heterocycles. The number of hydrogen-bond acceptors (Lipinski definition) is 1. The maximum atomic E-state index is 2.30. The third kappa shape index (κ3) is 3.29. The van der Waals surface area contributed by atoms with E-state index in [1.54, 1.807) is 0 Å². The molecule has 0 spiro atoms. The molecule has 0 nitrogen and oxygen atoms in total. The van der Waals surface area contributed by atoms with E-state index in [0.29, 0.717) is 0 Å². The zero-order chi connectivity index (χ0) is 17.2. The van der Waals surface area contributed by atoms with Gasteiger partial charge in [0.25, 0.3) is 0 Å². The van der Waals surface area contributed by atoms with Gasteiger partial charge in [0.05, 0.1) is 0 Å². The summed E-state index contributed by atoms with van der Waals surface area (Å²) in [7, 11) is 0.